The van der Waals surface area contributed by atoms with Crippen LogP contribution in [0.1, 0.15) is 40.5 Å². The average molecular weight is 222 g/mol. The molecular formula is C14H22O2. The number of aromatic hydroxyl groups is 1. The van der Waals surface area contributed by atoms with Crippen molar-refractivity contribution in [1.29, 1.82) is 0 Å². The molecule has 0 heterocycles. The van der Waals surface area contributed by atoms with E-state index in [0.717, 1.165) is 12.2 Å². The molecule has 16 heavy (non-hydrogen) atoms. The van der Waals surface area contributed by atoms with Gasteiger partial charge in [0.2, 0.25) is 0 Å². The highest BCUT2D eigenvalue weighted by Gasteiger charge is 2.40. The molecule has 1 aliphatic carbocycles. The zero-order chi connectivity index (χ0) is 12.2. The summed E-state index contributed by atoms with van der Waals surface area (Å²) in [6.45, 7) is 8.45. The van der Waals surface area contributed by atoms with Gasteiger partial charge < -0.3 is 9.84 Å². The van der Waals surface area contributed by atoms with Crippen molar-refractivity contribution in [3.63, 3.8) is 0 Å². The summed E-state index contributed by atoms with van der Waals surface area (Å²) >= 11 is 0. The molecule has 1 saturated carbocycles. The highest BCUT2D eigenvalue weighted by molar-refractivity contribution is 5.30. The first-order valence-corrected chi connectivity index (χ1v) is 6.04. The largest absolute Gasteiger partial charge is 0.508 e. The lowest BCUT2D eigenvalue weighted by molar-refractivity contribution is -0.0184. The van der Waals surface area contributed by atoms with Crippen LogP contribution >= 0.6 is 0 Å². The van der Waals surface area contributed by atoms with Crippen molar-refractivity contribution in [1.82, 2.24) is 0 Å². The van der Waals surface area contributed by atoms with Crippen molar-refractivity contribution in [2.75, 3.05) is 0 Å². The third-order valence-electron chi connectivity index (χ3n) is 3.04. The van der Waals surface area contributed by atoms with Gasteiger partial charge in [0.1, 0.15) is 17.6 Å². The van der Waals surface area contributed by atoms with Gasteiger partial charge in [-0.1, -0.05) is 27.7 Å². The Kier molecular flexibility index (Phi) is 4.22. The lowest BCUT2D eigenvalue weighted by Gasteiger charge is -2.43. The molecule has 0 saturated heterocycles. The third-order valence-corrected chi connectivity index (χ3v) is 3.04. The van der Waals surface area contributed by atoms with Crippen LogP contribution in [0.3, 0.4) is 0 Å². The molecule has 1 N–H and O–H groups in total. The second kappa shape index (κ2) is 5.24. The molecule has 2 rings (SSSR count). The number of rotatable bonds is 2. The summed E-state index contributed by atoms with van der Waals surface area (Å²) < 4.78 is 5.81. The Hall–Kier alpha value is -1.18. The van der Waals surface area contributed by atoms with E-state index in [1.807, 2.05) is 26.0 Å². The summed E-state index contributed by atoms with van der Waals surface area (Å²) in [6.07, 6.45) is 2.69. The normalized spacial score (nSPS) is 21.4. The number of hydrogen-bond donors (Lipinski definition) is 1. The summed E-state index contributed by atoms with van der Waals surface area (Å²) in [5.41, 5.74) is 0.303. The Morgan fingerprint density at radius 3 is 2.12 bits per heavy atom. The Labute approximate surface area is 98.3 Å². The maximum Gasteiger partial charge on any atom is 0.120 e. The smallest absolute Gasteiger partial charge is 0.120 e. The maximum absolute atomic E-state index is 9.11. The van der Waals surface area contributed by atoms with Crippen LogP contribution in [0, 0.1) is 5.41 Å². The fraction of sp³-hybridized carbons (Fsp3) is 0.571. The van der Waals surface area contributed by atoms with Gasteiger partial charge in [-0.05, 0) is 37.1 Å². The first-order valence-electron chi connectivity index (χ1n) is 6.04. The van der Waals surface area contributed by atoms with Crippen LogP contribution in [-0.4, -0.2) is 11.2 Å². The van der Waals surface area contributed by atoms with Gasteiger partial charge in [-0.3, -0.25) is 0 Å². The lowest BCUT2D eigenvalue weighted by Crippen LogP contribution is -2.43. The van der Waals surface area contributed by atoms with E-state index >= 15 is 0 Å². The Morgan fingerprint density at radius 2 is 1.75 bits per heavy atom. The van der Waals surface area contributed by atoms with E-state index in [0.29, 0.717) is 11.5 Å². The van der Waals surface area contributed by atoms with Gasteiger partial charge in [0.15, 0.2) is 0 Å². The second-order valence-corrected chi connectivity index (χ2v) is 4.63. The maximum atomic E-state index is 9.11. The number of ether oxygens (including phenoxy) is 1. The Morgan fingerprint density at radius 1 is 1.19 bits per heavy atom. The van der Waals surface area contributed by atoms with Crippen molar-refractivity contribution >= 4 is 0 Å². The highest BCUT2D eigenvalue weighted by Crippen LogP contribution is 2.42. The van der Waals surface area contributed by atoms with Gasteiger partial charge in [0.25, 0.3) is 0 Å². The first kappa shape index (κ1) is 12.9. The minimum absolute atomic E-state index is 0.283. The van der Waals surface area contributed by atoms with E-state index in [4.69, 9.17) is 9.84 Å². The molecule has 1 aromatic carbocycles. The number of phenols is 1. The molecule has 0 spiro atoms. The summed E-state index contributed by atoms with van der Waals surface area (Å²) in [6, 6.07) is 6.93. The van der Waals surface area contributed by atoms with Crippen LogP contribution in [0.4, 0.5) is 0 Å². The van der Waals surface area contributed by atoms with Crippen LogP contribution in [0.5, 0.6) is 11.5 Å². The molecule has 0 amide bonds. The molecule has 2 nitrogen and oxygen atoms in total. The summed E-state index contributed by atoms with van der Waals surface area (Å²) in [5, 5.41) is 9.11. The standard InChI is InChI=1S/C12H16O2.C2H6/c1-12(2)8-7-11(12)14-10-5-3-9(13)4-6-10;1-2/h3-6,11,13H,7-8H2,1-2H3;1-2H3. The van der Waals surface area contributed by atoms with Crippen molar-refractivity contribution in [2.45, 2.75) is 46.6 Å². The van der Waals surface area contributed by atoms with E-state index in [9.17, 15) is 0 Å². The van der Waals surface area contributed by atoms with Gasteiger partial charge in [-0.25, -0.2) is 0 Å². The first-order chi connectivity index (χ1) is 7.58. The summed E-state index contributed by atoms with van der Waals surface area (Å²) in [7, 11) is 0. The molecule has 0 radical (unpaired) electrons. The molecule has 0 aromatic heterocycles. The van der Waals surface area contributed by atoms with Crippen LogP contribution in [0.2, 0.25) is 0 Å². The van der Waals surface area contributed by atoms with Gasteiger partial charge in [0, 0.05) is 5.41 Å². The van der Waals surface area contributed by atoms with E-state index < -0.39 is 0 Å². The molecule has 90 valence electrons. The van der Waals surface area contributed by atoms with E-state index in [-0.39, 0.29) is 5.75 Å². The van der Waals surface area contributed by atoms with E-state index in [2.05, 4.69) is 13.8 Å². The highest BCUT2D eigenvalue weighted by atomic mass is 16.5. The fourth-order valence-corrected chi connectivity index (χ4v) is 1.75. The van der Waals surface area contributed by atoms with Crippen molar-refractivity contribution < 1.29 is 9.84 Å². The second-order valence-electron chi connectivity index (χ2n) is 4.63. The zero-order valence-corrected chi connectivity index (χ0v) is 10.7. The molecular weight excluding hydrogens is 200 g/mol. The molecule has 1 fully saturated rings. The van der Waals surface area contributed by atoms with Gasteiger partial charge >= 0.3 is 0 Å². The SMILES string of the molecule is CC.CC1(C)CCC1Oc1ccc(O)cc1. The van der Waals surface area contributed by atoms with E-state index in [1.165, 1.54) is 6.42 Å². The monoisotopic (exact) mass is 222 g/mol. The van der Waals surface area contributed by atoms with Crippen molar-refractivity contribution in [2.24, 2.45) is 5.41 Å². The van der Waals surface area contributed by atoms with Gasteiger partial charge in [0.05, 0.1) is 0 Å². The van der Waals surface area contributed by atoms with Crippen LogP contribution in [0.15, 0.2) is 24.3 Å². The molecule has 1 unspecified atom stereocenters. The topological polar surface area (TPSA) is 29.5 Å². The predicted octanol–water partition coefficient (Wildman–Crippen LogP) is 3.99. The molecule has 1 aliphatic rings. The molecule has 1 aromatic rings. The van der Waals surface area contributed by atoms with Crippen LogP contribution < -0.4 is 4.74 Å². The van der Waals surface area contributed by atoms with Crippen LogP contribution in [-0.2, 0) is 0 Å². The Balaban J connectivity index is 0.000000606. The number of phenolic OH excluding ortho intramolecular Hbond substituents is 1. The van der Waals surface area contributed by atoms with Crippen molar-refractivity contribution in [3.05, 3.63) is 24.3 Å². The molecule has 1 atom stereocenters. The zero-order valence-electron chi connectivity index (χ0n) is 10.7. The van der Waals surface area contributed by atoms with Gasteiger partial charge in [-0.2, -0.15) is 0 Å². The quantitative estimate of drug-likeness (QED) is 0.820. The third kappa shape index (κ3) is 2.91. The Bertz CT molecular complexity index is 314. The van der Waals surface area contributed by atoms with Gasteiger partial charge in [-0.15, -0.1) is 0 Å². The minimum atomic E-state index is 0.283. The van der Waals surface area contributed by atoms with E-state index in [1.54, 1.807) is 12.1 Å². The molecule has 0 bridgehead atoms. The average Bonchev–Trinajstić information content (AvgIpc) is 2.29. The minimum Gasteiger partial charge on any atom is -0.508 e. The van der Waals surface area contributed by atoms with Crippen LogP contribution in [0.25, 0.3) is 0 Å². The summed E-state index contributed by atoms with van der Waals surface area (Å²) in [5.74, 6) is 1.13. The molecule has 0 aliphatic heterocycles. The number of benzene rings is 1. The molecule has 2 heteroatoms. The predicted molar refractivity (Wildman–Crippen MR) is 66.9 cm³/mol. The van der Waals surface area contributed by atoms with Crippen molar-refractivity contribution in [3.8, 4) is 11.5 Å². The number of hydrogen-bond acceptors (Lipinski definition) is 2. The summed E-state index contributed by atoms with van der Waals surface area (Å²) in [4.78, 5) is 0. The fourth-order valence-electron chi connectivity index (χ4n) is 1.75. The lowest BCUT2D eigenvalue weighted by atomic mass is 9.69.